The summed E-state index contributed by atoms with van der Waals surface area (Å²) in [4.78, 5) is 12.9. The number of thiophene rings is 1. The monoisotopic (exact) mass is 259 g/mol. The molecule has 0 bridgehead atoms. The standard InChI is InChI=1S/C14H17N3S/c1-11-4-6-15-14(16-11)12-5-7-17(9-12)10-13-3-2-8-18-13/h2-4,6,8,12H,5,7,9-10H2,1H3. The number of nitrogens with zero attached hydrogens (tertiary/aromatic N) is 3. The van der Waals surface area contributed by atoms with Crippen molar-refractivity contribution < 1.29 is 0 Å². The molecule has 94 valence electrons. The number of aryl methyl sites for hydroxylation is 1. The molecule has 3 rings (SSSR count). The van der Waals surface area contributed by atoms with Crippen molar-refractivity contribution in [3.05, 3.63) is 46.2 Å². The molecule has 1 aliphatic heterocycles. The van der Waals surface area contributed by atoms with Crippen molar-refractivity contribution in [3.8, 4) is 0 Å². The average Bonchev–Trinajstić information content (AvgIpc) is 3.01. The molecule has 1 unspecified atom stereocenters. The van der Waals surface area contributed by atoms with E-state index in [0.717, 1.165) is 31.2 Å². The van der Waals surface area contributed by atoms with Crippen LogP contribution >= 0.6 is 11.3 Å². The van der Waals surface area contributed by atoms with Crippen LogP contribution in [0.2, 0.25) is 0 Å². The third-order valence-electron chi connectivity index (χ3n) is 3.41. The van der Waals surface area contributed by atoms with Gasteiger partial charge in [0.2, 0.25) is 0 Å². The Morgan fingerprint density at radius 1 is 1.44 bits per heavy atom. The lowest BCUT2D eigenvalue weighted by atomic mass is 10.1. The molecule has 1 saturated heterocycles. The van der Waals surface area contributed by atoms with Crippen LogP contribution in [0.25, 0.3) is 0 Å². The first-order valence-corrected chi connectivity index (χ1v) is 7.23. The van der Waals surface area contributed by atoms with E-state index < -0.39 is 0 Å². The molecule has 1 atom stereocenters. The van der Waals surface area contributed by atoms with Crippen molar-refractivity contribution in [2.24, 2.45) is 0 Å². The van der Waals surface area contributed by atoms with Gasteiger partial charge < -0.3 is 0 Å². The molecular weight excluding hydrogens is 242 g/mol. The number of hydrogen-bond acceptors (Lipinski definition) is 4. The van der Waals surface area contributed by atoms with Crippen LogP contribution in [0.4, 0.5) is 0 Å². The molecule has 18 heavy (non-hydrogen) atoms. The Morgan fingerprint density at radius 2 is 2.39 bits per heavy atom. The molecule has 0 N–H and O–H groups in total. The molecule has 3 nitrogen and oxygen atoms in total. The largest absolute Gasteiger partial charge is 0.298 e. The first-order valence-electron chi connectivity index (χ1n) is 6.35. The zero-order valence-corrected chi connectivity index (χ0v) is 11.4. The Balaban J connectivity index is 1.65. The van der Waals surface area contributed by atoms with E-state index in [1.165, 1.54) is 11.3 Å². The third-order valence-corrected chi connectivity index (χ3v) is 4.27. The van der Waals surface area contributed by atoms with E-state index in [0.29, 0.717) is 5.92 Å². The van der Waals surface area contributed by atoms with Gasteiger partial charge in [-0.1, -0.05) is 6.07 Å². The average molecular weight is 259 g/mol. The van der Waals surface area contributed by atoms with E-state index in [1.54, 1.807) is 0 Å². The van der Waals surface area contributed by atoms with E-state index in [-0.39, 0.29) is 0 Å². The number of rotatable bonds is 3. The van der Waals surface area contributed by atoms with Gasteiger partial charge in [-0.2, -0.15) is 0 Å². The minimum Gasteiger partial charge on any atom is -0.298 e. The van der Waals surface area contributed by atoms with Crippen LogP contribution in [0, 0.1) is 6.92 Å². The molecule has 0 aliphatic carbocycles. The number of hydrogen-bond donors (Lipinski definition) is 0. The predicted molar refractivity (Wildman–Crippen MR) is 73.7 cm³/mol. The fourth-order valence-electron chi connectivity index (χ4n) is 2.47. The van der Waals surface area contributed by atoms with E-state index >= 15 is 0 Å². The zero-order chi connectivity index (χ0) is 12.4. The van der Waals surface area contributed by atoms with Crippen LogP contribution in [-0.4, -0.2) is 28.0 Å². The second-order valence-electron chi connectivity index (χ2n) is 4.86. The molecule has 1 aliphatic rings. The summed E-state index contributed by atoms with van der Waals surface area (Å²) in [6.45, 7) is 5.34. The molecule has 2 aromatic heterocycles. The van der Waals surface area contributed by atoms with Gasteiger partial charge in [-0.25, -0.2) is 9.97 Å². The Labute approximate surface area is 112 Å². The summed E-state index contributed by atoms with van der Waals surface area (Å²) in [7, 11) is 0. The molecule has 0 saturated carbocycles. The van der Waals surface area contributed by atoms with Crippen molar-refractivity contribution in [1.82, 2.24) is 14.9 Å². The van der Waals surface area contributed by atoms with Gasteiger partial charge in [0.25, 0.3) is 0 Å². The van der Waals surface area contributed by atoms with E-state index in [9.17, 15) is 0 Å². The van der Waals surface area contributed by atoms with Crippen molar-refractivity contribution in [1.29, 1.82) is 0 Å². The normalized spacial score (nSPS) is 20.4. The van der Waals surface area contributed by atoms with Gasteiger partial charge in [0.15, 0.2) is 0 Å². The zero-order valence-electron chi connectivity index (χ0n) is 10.5. The Bertz CT molecular complexity index is 510. The fraction of sp³-hybridized carbons (Fsp3) is 0.429. The summed E-state index contributed by atoms with van der Waals surface area (Å²) in [6.07, 6.45) is 3.05. The molecule has 2 aromatic rings. The summed E-state index contributed by atoms with van der Waals surface area (Å²) in [5.74, 6) is 1.52. The van der Waals surface area contributed by atoms with Crippen molar-refractivity contribution in [2.45, 2.75) is 25.8 Å². The quantitative estimate of drug-likeness (QED) is 0.848. The van der Waals surface area contributed by atoms with Gasteiger partial charge in [0, 0.05) is 35.8 Å². The Kier molecular flexibility index (Phi) is 3.39. The highest BCUT2D eigenvalue weighted by atomic mass is 32.1. The predicted octanol–water partition coefficient (Wildman–Crippen LogP) is 2.84. The summed E-state index contributed by atoms with van der Waals surface area (Å²) in [6, 6.07) is 6.29. The topological polar surface area (TPSA) is 29.0 Å². The van der Waals surface area contributed by atoms with Crippen LogP contribution in [0.5, 0.6) is 0 Å². The first kappa shape index (κ1) is 11.8. The number of likely N-dealkylation sites (tertiary alicyclic amines) is 1. The van der Waals surface area contributed by atoms with Gasteiger partial charge in [0.05, 0.1) is 0 Å². The van der Waals surface area contributed by atoms with Crippen LogP contribution < -0.4 is 0 Å². The summed E-state index contributed by atoms with van der Waals surface area (Å²) < 4.78 is 0. The van der Waals surface area contributed by atoms with Crippen molar-refractivity contribution in [2.75, 3.05) is 13.1 Å². The lowest BCUT2D eigenvalue weighted by Crippen LogP contribution is -2.19. The first-order chi connectivity index (χ1) is 8.81. The van der Waals surface area contributed by atoms with Crippen LogP contribution in [0.15, 0.2) is 29.8 Å². The van der Waals surface area contributed by atoms with Gasteiger partial charge in [0.1, 0.15) is 5.82 Å². The summed E-state index contributed by atoms with van der Waals surface area (Å²) in [5, 5.41) is 2.15. The Morgan fingerprint density at radius 3 is 3.17 bits per heavy atom. The maximum absolute atomic E-state index is 4.55. The van der Waals surface area contributed by atoms with E-state index in [1.807, 2.05) is 30.5 Å². The highest BCUT2D eigenvalue weighted by molar-refractivity contribution is 7.09. The second kappa shape index (κ2) is 5.16. The maximum atomic E-state index is 4.55. The lowest BCUT2D eigenvalue weighted by Gasteiger charge is -2.14. The highest BCUT2D eigenvalue weighted by Gasteiger charge is 2.25. The SMILES string of the molecule is Cc1ccnc(C2CCN(Cc3cccs3)C2)n1. The smallest absolute Gasteiger partial charge is 0.132 e. The molecule has 0 spiro atoms. The second-order valence-corrected chi connectivity index (χ2v) is 5.89. The molecule has 0 radical (unpaired) electrons. The van der Waals surface area contributed by atoms with Crippen molar-refractivity contribution in [3.63, 3.8) is 0 Å². The Hall–Kier alpha value is -1.26. The highest BCUT2D eigenvalue weighted by Crippen LogP contribution is 2.26. The summed E-state index contributed by atoms with van der Waals surface area (Å²) >= 11 is 1.84. The fourth-order valence-corrected chi connectivity index (χ4v) is 3.22. The van der Waals surface area contributed by atoms with Gasteiger partial charge in [-0.05, 0) is 37.4 Å². The minimum atomic E-state index is 0.505. The van der Waals surface area contributed by atoms with Gasteiger partial charge in [-0.15, -0.1) is 11.3 Å². The number of aromatic nitrogens is 2. The molecule has 1 fully saturated rings. The molecule has 4 heteroatoms. The molecule has 0 amide bonds. The van der Waals surface area contributed by atoms with E-state index in [2.05, 4.69) is 32.4 Å². The molecule has 3 heterocycles. The molecule has 0 aromatic carbocycles. The minimum absolute atomic E-state index is 0.505. The van der Waals surface area contributed by atoms with E-state index in [4.69, 9.17) is 0 Å². The van der Waals surface area contributed by atoms with Gasteiger partial charge >= 0.3 is 0 Å². The lowest BCUT2D eigenvalue weighted by molar-refractivity contribution is 0.328. The maximum Gasteiger partial charge on any atom is 0.132 e. The van der Waals surface area contributed by atoms with Crippen LogP contribution in [-0.2, 0) is 6.54 Å². The summed E-state index contributed by atoms with van der Waals surface area (Å²) in [5.41, 5.74) is 1.07. The van der Waals surface area contributed by atoms with Crippen LogP contribution in [0.3, 0.4) is 0 Å². The third kappa shape index (κ3) is 2.60. The van der Waals surface area contributed by atoms with Crippen molar-refractivity contribution >= 4 is 11.3 Å². The van der Waals surface area contributed by atoms with Gasteiger partial charge in [-0.3, -0.25) is 4.90 Å². The van der Waals surface area contributed by atoms with Crippen LogP contribution in [0.1, 0.15) is 28.7 Å². The molecular formula is C14H17N3S.